The van der Waals surface area contributed by atoms with Crippen LogP contribution < -0.4 is 14.8 Å². The first-order valence-corrected chi connectivity index (χ1v) is 9.58. The van der Waals surface area contributed by atoms with E-state index in [0.717, 1.165) is 5.56 Å². The maximum absolute atomic E-state index is 13.0. The molecule has 0 saturated heterocycles. The van der Waals surface area contributed by atoms with E-state index in [2.05, 4.69) is 15.6 Å². The summed E-state index contributed by atoms with van der Waals surface area (Å²) in [6, 6.07) is 14.7. The van der Waals surface area contributed by atoms with Crippen LogP contribution in [0.1, 0.15) is 10.5 Å². The van der Waals surface area contributed by atoms with Gasteiger partial charge in [0.15, 0.2) is 17.2 Å². The van der Waals surface area contributed by atoms with Crippen LogP contribution in [0, 0.1) is 0 Å². The Morgan fingerprint density at radius 3 is 2.52 bits per heavy atom. The van der Waals surface area contributed by atoms with Crippen LogP contribution in [-0.2, 0) is 5.88 Å². The van der Waals surface area contributed by atoms with Crippen molar-refractivity contribution in [2.24, 2.45) is 0 Å². The number of carbonyl (C=O) groups is 1. The summed E-state index contributed by atoms with van der Waals surface area (Å²) in [5, 5.41) is 11.3. The average Bonchev–Trinajstić information content (AvgIpc) is 3.12. The predicted molar refractivity (Wildman–Crippen MR) is 106 cm³/mol. The third-order valence-electron chi connectivity index (χ3n) is 3.89. The monoisotopic (exact) mass is 384 g/mol. The van der Waals surface area contributed by atoms with Gasteiger partial charge in [-0.2, -0.15) is 0 Å². The number of hydrogen-bond donors (Lipinski definition) is 1. The third kappa shape index (κ3) is 4.06. The minimum atomic E-state index is -0.273. The highest BCUT2D eigenvalue weighted by Crippen LogP contribution is 2.33. The van der Waals surface area contributed by atoms with Gasteiger partial charge in [0.1, 0.15) is 5.69 Å². The second kappa shape index (κ2) is 8.59. The molecular formula is C19H20N4O3S. The molecular weight excluding hydrogens is 364 g/mol. The molecule has 0 spiro atoms. The number of amides is 1. The summed E-state index contributed by atoms with van der Waals surface area (Å²) in [6.45, 7) is 0. The van der Waals surface area contributed by atoms with Gasteiger partial charge in [-0.25, -0.2) is 4.68 Å². The summed E-state index contributed by atoms with van der Waals surface area (Å²) >= 11 is 1.55. The smallest absolute Gasteiger partial charge is 0.276 e. The number of benzene rings is 2. The number of thioether (sulfide) groups is 1. The SMILES string of the molecule is COc1ccc(-c2nnn(CSC)c2C(=O)Nc2ccccc2)cc1OC. The van der Waals surface area contributed by atoms with Crippen LogP contribution in [0.4, 0.5) is 5.69 Å². The fourth-order valence-corrected chi connectivity index (χ4v) is 3.07. The zero-order chi connectivity index (χ0) is 19.2. The number of nitrogens with one attached hydrogen (secondary N) is 1. The van der Waals surface area contributed by atoms with Crippen LogP contribution in [0.2, 0.25) is 0 Å². The van der Waals surface area contributed by atoms with Gasteiger partial charge in [0.05, 0.1) is 20.1 Å². The number of hydrogen-bond acceptors (Lipinski definition) is 6. The van der Waals surface area contributed by atoms with Crippen molar-refractivity contribution in [1.29, 1.82) is 0 Å². The summed E-state index contributed by atoms with van der Waals surface area (Å²) in [7, 11) is 3.14. The molecule has 1 amide bonds. The van der Waals surface area contributed by atoms with Crippen molar-refractivity contribution >= 4 is 23.4 Å². The molecule has 0 aliphatic carbocycles. The number of nitrogens with zero attached hydrogens (tertiary/aromatic N) is 3. The fourth-order valence-electron chi connectivity index (χ4n) is 2.64. The topological polar surface area (TPSA) is 78.3 Å². The Bertz CT molecular complexity index is 928. The molecule has 0 saturated carbocycles. The zero-order valence-corrected chi connectivity index (χ0v) is 16.1. The molecule has 0 aliphatic heterocycles. The van der Waals surface area contributed by atoms with Crippen molar-refractivity contribution in [3.63, 3.8) is 0 Å². The number of methoxy groups -OCH3 is 2. The zero-order valence-electron chi connectivity index (χ0n) is 15.3. The van der Waals surface area contributed by atoms with Gasteiger partial charge in [-0.1, -0.05) is 23.4 Å². The molecule has 3 aromatic rings. The molecule has 3 rings (SSSR count). The molecule has 8 heteroatoms. The first-order valence-electron chi connectivity index (χ1n) is 8.19. The predicted octanol–water partition coefficient (Wildman–Crippen LogP) is 3.54. The van der Waals surface area contributed by atoms with E-state index in [-0.39, 0.29) is 5.91 Å². The average molecular weight is 384 g/mol. The van der Waals surface area contributed by atoms with Gasteiger partial charge in [0, 0.05) is 11.3 Å². The van der Waals surface area contributed by atoms with E-state index < -0.39 is 0 Å². The van der Waals surface area contributed by atoms with E-state index >= 15 is 0 Å². The van der Waals surface area contributed by atoms with Crippen LogP contribution in [0.3, 0.4) is 0 Å². The quantitative estimate of drug-likeness (QED) is 0.671. The Kier molecular flexibility index (Phi) is 5.97. The van der Waals surface area contributed by atoms with Crippen LogP contribution in [0.15, 0.2) is 48.5 Å². The lowest BCUT2D eigenvalue weighted by Crippen LogP contribution is -2.18. The number of para-hydroxylation sites is 1. The molecule has 27 heavy (non-hydrogen) atoms. The lowest BCUT2D eigenvalue weighted by atomic mass is 10.1. The second-order valence-electron chi connectivity index (χ2n) is 5.59. The van der Waals surface area contributed by atoms with E-state index in [1.807, 2.05) is 42.7 Å². The molecule has 0 radical (unpaired) electrons. The van der Waals surface area contributed by atoms with Gasteiger partial charge in [-0.3, -0.25) is 4.79 Å². The third-order valence-corrected chi connectivity index (χ3v) is 4.39. The van der Waals surface area contributed by atoms with Gasteiger partial charge in [0.25, 0.3) is 5.91 Å². The lowest BCUT2D eigenvalue weighted by molar-refractivity contribution is 0.101. The first kappa shape index (κ1) is 18.8. The molecule has 7 nitrogen and oxygen atoms in total. The van der Waals surface area contributed by atoms with Gasteiger partial charge in [-0.05, 0) is 36.6 Å². The van der Waals surface area contributed by atoms with Crippen LogP contribution in [-0.4, -0.2) is 41.4 Å². The fraction of sp³-hybridized carbons (Fsp3) is 0.211. The van der Waals surface area contributed by atoms with Crippen molar-refractivity contribution in [2.45, 2.75) is 5.88 Å². The Morgan fingerprint density at radius 1 is 1.11 bits per heavy atom. The van der Waals surface area contributed by atoms with Crippen molar-refractivity contribution in [3.05, 3.63) is 54.2 Å². The normalized spacial score (nSPS) is 10.5. The van der Waals surface area contributed by atoms with E-state index in [1.165, 1.54) is 0 Å². The van der Waals surface area contributed by atoms with Crippen molar-refractivity contribution in [1.82, 2.24) is 15.0 Å². The van der Waals surface area contributed by atoms with Gasteiger partial charge in [0.2, 0.25) is 0 Å². The highest BCUT2D eigenvalue weighted by Gasteiger charge is 2.22. The number of ether oxygens (including phenoxy) is 2. The Morgan fingerprint density at radius 2 is 1.85 bits per heavy atom. The van der Waals surface area contributed by atoms with Gasteiger partial charge >= 0.3 is 0 Å². The molecule has 1 N–H and O–H groups in total. The van der Waals surface area contributed by atoms with Crippen LogP contribution in [0.5, 0.6) is 11.5 Å². The van der Waals surface area contributed by atoms with E-state index in [9.17, 15) is 4.79 Å². The molecule has 1 aromatic heterocycles. The Labute approximate surface area is 161 Å². The second-order valence-corrected chi connectivity index (χ2v) is 6.43. The molecule has 0 fully saturated rings. The van der Waals surface area contributed by atoms with Crippen LogP contribution >= 0.6 is 11.8 Å². The minimum absolute atomic E-state index is 0.273. The molecule has 0 unspecified atom stereocenters. The highest BCUT2D eigenvalue weighted by atomic mass is 32.2. The van der Waals surface area contributed by atoms with Gasteiger partial charge in [-0.15, -0.1) is 16.9 Å². The molecule has 140 valence electrons. The number of carbonyl (C=O) groups excluding carboxylic acids is 1. The Balaban J connectivity index is 2.02. The highest BCUT2D eigenvalue weighted by molar-refractivity contribution is 7.97. The van der Waals surface area contributed by atoms with Crippen molar-refractivity contribution < 1.29 is 14.3 Å². The maximum atomic E-state index is 13.0. The summed E-state index contributed by atoms with van der Waals surface area (Å²) in [5.74, 6) is 1.40. The number of rotatable bonds is 7. The van der Waals surface area contributed by atoms with Crippen molar-refractivity contribution in [3.8, 4) is 22.8 Å². The summed E-state index contributed by atoms with van der Waals surface area (Å²) in [4.78, 5) is 13.0. The lowest BCUT2D eigenvalue weighted by Gasteiger charge is -2.11. The van der Waals surface area contributed by atoms with Crippen LogP contribution in [0.25, 0.3) is 11.3 Å². The molecule has 0 aliphatic rings. The molecule has 2 aromatic carbocycles. The van der Waals surface area contributed by atoms with E-state index in [4.69, 9.17) is 9.47 Å². The number of anilines is 1. The summed E-state index contributed by atoms with van der Waals surface area (Å²) in [5.41, 5.74) is 2.30. The Hall–Kier alpha value is -3.00. The van der Waals surface area contributed by atoms with E-state index in [1.54, 1.807) is 42.8 Å². The van der Waals surface area contributed by atoms with E-state index in [0.29, 0.717) is 34.5 Å². The summed E-state index contributed by atoms with van der Waals surface area (Å²) < 4.78 is 12.2. The maximum Gasteiger partial charge on any atom is 0.276 e. The standard InChI is InChI=1S/C19H20N4O3S/c1-25-15-10-9-13(11-16(15)26-2)17-18(23(12-27-3)22-21-17)19(24)20-14-7-5-4-6-8-14/h4-11H,12H2,1-3H3,(H,20,24). The largest absolute Gasteiger partial charge is 0.493 e. The first-order chi connectivity index (χ1) is 13.2. The van der Waals surface area contributed by atoms with Gasteiger partial charge < -0.3 is 14.8 Å². The minimum Gasteiger partial charge on any atom is -0.493 e. The number of aromatic nitrogens is 3. The van der Waals surface area contributed by atoms with Crippen molar-refractivity contribution in [2.75, 3.05) is 25.8 Å². The molecule has 0 atom stereocenters. The summed E-state index contributed by atoms with van der Waals surface area (Å²) in [6.07, 6.45) is 1.94. The molecule has 1 heterocycles. The molecule has 0 bridgehead atoms.